The van der Waals surface area contributed by atoms with Crippen LogP contribution < -0.4 is 18.9 Å². The Kier molecular flexibility index (Phi) is 6.02. The predicted octanol–water partition coefficient (Wildman–Crippen LogP) is 3.20. The van der Waals surface area contributed by atoms with E-state index in [0.29, 0.717) is 28.4 Å². The average Bonchev–Trinajstić information content (AvgIpc) is 2.66. The van der Waals surface area contributed by atoms with Crippen LogP contribution in [0.15, 0.2) is 42.5 Å². The van der Waals surface area contributed by atoms with Crippen molar-refractivity contribution in [1.82, 2.24) is 0 Å². The molecule has 0 aromatic heterocycles. The molecule has 2 rings (SSSR count). The Morgan fingerprint density at radius 1 is 0.960 bits per heavy atom. The minimum absolute atomic E-state index is 0.230. The van der Waals surface area contributed by atoms with Crippen LogP contribution in [0.4, 0.5) is 0 Å². The molecule has 25 heavy (non-hydrogen) atoms. The molecular formula is C19H17NO5. The second-order valence-corrected chi connectivity index (χ2v) is 4.84. The third-order valence-corrected chi connectivity index (χ3v) is 3.34. The van der Waals surface area contributed by atoms with Crippen LogP contribution in [0, 0.1) is 11.3 Å². The Labute approximate surface area is 145 Å². The third kappa shape index (κ3) is 4.52. The van der Waals surface area contributed by atoms with Gasteiger partial charge in [-0.2, -0.15) is 5.26 Å². The second-order valence-electron chi connectivity index (χ2n) is 4.84. The van der Waals surface area contributed by atoms with Crippen molar-refractivity contribution in [2.45, 2.75) is 0 Å². The number of nitriles is 1. The monoisotopic (exact) mass is 339 g/mol. The van der Waals surface area contributed by atoms with Gasteiger partial charge in [-0.25, -0.2) is 4.79 Å². The molecule has 0 aliphatic rings. The number of ether oxygens (including phenoxy) is 4. The molecule has 0 bridgehead atoms. The Balaban J connectivity index is 2.18. The van der Waals surface area contributed by atoms with Gasteiger partial charge >= 0.3 is 5.97 Å². The highest BCUT2D eigenvalue weighted by atomic mass is 16.6. The highest BCUT2D eigenvalue weighted by Gasteiger charge is 2.09. The van der Waals surface area contributed by atoms with E-state index < -0.39 is 5.97 Å². The van der Waals surface area contributed by atoms with Crippen LogP contribution in [-0.2, 0) is 4.79 Å². The zero-order valence-corrected chi connectivity index (χ0v) is 14.1. The van der Waals surface area contributed by atoms with E-state index in [9.17, 15) is 4.79 Å². The van der Waals surface area contributed by atoms with Crippen molar-refractivity contribution in [3.63, 3.8) is 0 Å². The van der Waals surface area contributed by atoms with E-state index in [0.717, 1.165) is 0 Å². The number of methoxy groups -OCH3 is 3. The quantitative estimate of drug-likeness (QED) is 0.457. The first kappa shape index (κ1) is 17.9. The molecule has 2 aromatic rings. The summed E-state index contributed by atoms with van der Waals surface area (Å²) in [5, 5.41) is 8.89. The molecule has 0 unspecified atom stereocenters. The molecular weight excluding hydrogens is 322 g/mol. The van der Waals surface area contributed by atoms with Crippen LogP contribution in [0.1, 0.15) is 11.1 Å². The molecule has 0 amide bonds. The lowest BCUT2D eigenvalue weighted by molar-refractivity contribution is -0.129. The predicted molar refractivity (Wildman–Crippen MR) is 91.9 cm³/mol. The fourth-order valence-corrected chi connectivity index (χ4v) is 2.09. The number of benzene rings is 2. The normalized spacial score (nSPS) is 10.2. The maximum Gasteiger partial charge on any atom is 0.336 e. The number of carbonyl (C=O) groups excluding carboxylic acids is 1. The van der Waals surface area contributed by atoms with Crippen molar-refractivity contribution in [2.75, 3.05) is 21.3 Å². The fraction of sp³-hybridized carbons (Fsp3) is 0.158. The van der Waals surface area contributed by atoms with Crippen LogP contribution in [0.3, 0.4) is 0 Å². The van der Waals surface area contributed by atoms with E-state index in [2.05, 4.69) is 0 Å². The summed E-state index contributed by atoms with van der Waals surface area (Å²) in [5.41, 5.74) is 1.08. The van der Waals surface area contributed by atoms with Gasteiger partial charge in [-0.15, -0.1) is 0 Å². The van der Waals surface area contributed by atoms with Gasteiger partial charge in [0.1, 0.15) is 11.5 Å². The van der Waals surface area contributed by atoms with Gasteiger partial charge in [-0.3, -0.25) is 0 Å². The largest absolute Gasteiger partial charge is 0.497 e. The zero-order valence-electron chi connectivity index (χ0n) is 14.1. The number of hydrogen-bond donors (Lipinski definition) is 0. The van der Waals surface area contributed by atoms with Crippen LogP contribution in [0.2, 0.25) is 0 Å². The summed E-state index contributed by atoms with van der Waals surface area (Å²) in [4.78, 5) is 12.1. The Morgan fingerprint density at radius 2 is 1.68 bits per heavy atom. The van der Waals surface area contributed by atoms with Crippen LogP contribution in [0.5, 0.6) is 23.0 Å². The zero-order chi connectivity index (χ0) is 18.2. The highest BCUT2D eigenvalue weighted by Crippen LogP contribution is 2.28. The summed E-state index contributed by atoms with van der Waals surface area (Å²) in [6, 6.07) is 11.8. The topological polar surface area (TPSA) is 77.8 Å². The SMILES string of the molecule is COc1ccc(OC)c(/C=C/C(=O)Oc2ccc(C#N)cc2OC)c1. The standard InChI is InChI=1S/C19H17NO5/c1-22-15-6-8-16(23-2)14(11-15)5-9-19(21)25-17-7-4-13(12-20)10-18(17)24-3/h4-11H,1-3H3/b9-5+. The van der Waals surface area contributed by atoms with Crippen molar-refractivity contribution in [2.24, 2.45) is 0 Å². The first-order valence-electron chi connectivity index (χ1n) is 7.31. The molecule has 0 radical (unpaired) electrons. The summed E-state index contributed by atoms with van der Waals surface area (Å²) in [6.07, 6.45) is 2.84. The molecule has 128 valence electrons. The minimum Gasteiger partial charge on any atom is -0.497 e. The molecule has 0 atom stereocenters. The lowest BCUT2D eigenvalue weighted by Gasteiger charge is -2.08. The van der Waals surface area contributed by atoms with Gasteiger partial charge < -0.3 is 18.9 Å². The lowest BCUT2D eigenvalue weighted by Crippen LogP contribution is -2.05. The number of rotatable bonds is 6. The van der Waals surface area contributed by atoms with Gasteiger partial charge in [0.25, 0.3) is 0 Å². The van der Waals surface area contributed by atoms with Gasteiger partial charge in [0.15, 0.2) is 11.5 Å². The average molecular weight is 339 g/mol. The molecule has 0 fully saturated rings. The number of nitrogens with zero attached hydrogens (tertiary/aromatic N) is 1. The number of esters is 1. The Bertz CT molecular complexity index is 836. The Morgan fingerprint density at radius 3 is 2.32 bits per heavy atom. The summed E-state index contributed by atoms with van der Waals surface area (Å²) >= 11 is 0. The molecule has 0 spiro atoms. The van der Waals surface area contributed by atoms with E-state index in [1.807, 2.05) is 6.07 Å². The summed E-state index contributed by atoms with van der Waals surface area (Å²) in [7, 11) is 4.53. The summed E-state index contributed by atoms with van der Waals surface area (Å²) in [5.74, 6) is 1.18. The molecule has 0 saturated carbocycles. The van der Waals surface area contributed by atoms with E-state index in [1.165, 1.54) is 25.3 Å². The van der Waals surface area contributed by atoms with Crippen molar-refractivity contribution >= 4 is 12.0 Å². The van der Waals surface area contributed by atoms with Gasteiger partial charge in [0, 0.05) is 17.7 Å². The summed E-state index contributed by atoms with van der Waals surface area (Å²) < 4.78 is 20.8. The summed E-state index contributed by atoms with van der Waals surface area (Å²) in [6.45, 7) is 0. The van der Waals surface area contributed by atoms with E-state index >= 15 is 0 Å². The van der Waals surface area contributed by atoms with E-state index in [1.54, 1.807) is 44.6 Å². The maximum absolute atomic E-state index is 12.1. The maximum atomic E-state index is 12.1. The van der Waals surface area contributed by atoms with Crippen LogP contribution in [-0.4, -0.2) is 27.3 Å². The van der Waals surface area contributed by atoms with Crippen LogP contribution in [0.25, 0.3) is 6.08 Å². The van der Waals surface area contributed by atoms with Crippen molar-refractivity contribution in [3.8, 4) is 29.1 Å². The molecule has 0 N–H and O–H groups in total. The lowest BCUT2D eigenvalue weighted by atomic mass is 10.1. The smallest absolute Gasteiger partial charge is 0.336 e. The molecule has 2 aromatic carbocycles. The first-order valence-corrected chi connectivity index (χ1v) is 7.31. The van der Waals surface area contributed by atoms with Gasteiger partial charge in [0.2, 0.25) is 0 Å². The van der Waals surface area contributed by atoms with Gasteiger partial charge in [-0.1, -0.05) is 0 Å². The molecule has 0 aliphatic carbocycles. The van der Waals surface area contributed by atoms with E-state index in [-0.39, 0.29) is 5.75 Å². The van der Waals surface area contributed by atoms with Gasteiger partial charge in [0.05, 0.1) is 33.0 Å². The minimum atomic E-state index is -0.590. The molecule has 0 saturated heterocycles. The number of carbonyl (C=O) groups is 1. The highest BCUT2D eigenvalue weighted by molar-refractivity contribution is 5.89. The van der Waals surface area contributed by atoms with Gasteiger partial charge in [-0.05, 0) is 36.4 Å². The molecule has 0 heterocycles. The first-order chi connectivity index (χ1) is 12.1. The van der Waals surface area contributed by atoms with Crippen molar-refractivity contribution in [1.29, 1.82) is 5.26 Å². The van der Waals surface area contributed by atoms with Crippen molar-refractivity contribution in [3.05, 3.63) is 53.6 Å². The molecule has 6 heteroatoms. The third-order valence-electron chi connectivity index (χ3n) is 3.34. The fourth-order valence-electron chi connectivity index (χ4n) is 2.09. The van der Waals surface area contributed by atoms with Crippen molar-refractivity contribution < 1.29 is 23.7 Å². The Hall–Kier alpha value is -3.46. The molecule has 0 aliphatic heterocycles. The second kappa shape index (κ2) is 8.41. The van der Waals surface area contributed by atoms with E-state index in [4.69, 9.17) is 24.2 Å². The van der Waals surface area contributed by atoms with Crippen LogP contribution >= 0.6 is 0 Å². The number of hydrogen-bond acceptors (Lipinski definition) is 6. The molecule has 6 nitrogen and oxygen atoms in total.